The van der Waals surface area contributed by atoms with Gasteiger partial charge in [-0.1, -0.05) is 0 Å². The number of carbonyl (C=O) groups is 2. The van der Waals surface area contributed by atoms with E-state index >= 15 is 0 Å². The standard InChI is InChI=1S/C8H14O4/c1-3-12-5-4-7(6(2)9)8(10)11/h7H,3-5H2,1-2H3,(H,10,11). The van der Waals surface area contributed by atoms with E-state index < -0.39 is 11.9 Å². The highest BCUT2D eigenvalue weighted by Crippen LogP contribution is 2.04. The van der Waals surface area contributed by atoms with Crippen LogP contribution in [0, 0.1) is 5.92 Å². The van der Waals surface area contributed by atoms with E-state index in [1.165, 1.54) is 6.92 Å². The third kappa shape index (κ3) is 4.08. The molecule has 0 amide bonds. The second kappa shape index (κ2) is 5.71. The van der Waals surface area contributed by atoms with Crippen molar-refractivity contribution < 1.29 is 19.4 Å². The van der Waals surface area contributed by atoms with Crippen LogP contribution in [-0.2, 0) is 14.3 Å². The molecule has 0 fully saturated rings. The summed E-state index contributed by atoms with van der Waals surface area (Å²) in [6, 6.07) is 0. The number of Topliss-reactive ketones (excluding diaryl/α,β-unsaturated/α-hetero) is 1. The average Bonchev–Trinajstić information content (AvgIpc) is 1.96. The zero-order valence-corrected chi connectivity index (χ0v) is 7.37. The van der Waals surface area contributed by atoms with E-state index in [2.05, 4.69) is 0 Å². The van der Waals surface area contributed by atoms with Gasteiger partial charge in [0.1, 0.15) is 11.7 Å². The van der Waals surface area contributed by atoms with Gasteiger partial charge in [-0.3, -0.25) is 9.59 Å². The summed E-state index contributed by atoms with van der Waals surface area (Å²) in [5, 5.41) is 8.57. The number of rotatable bonds is 6. The quantitative estimate of drug-likeness (QED) is 0.475. The van der Waals surface area contributed by atoms with Gasteiger partial charge in [-0.25, -0.2) is 0 Å². The van der Waals surface area contributed by atoms with Crippen molar-refractivity contribution in [3.8, 4) is 0 Å². The number of hydrogen-bond acceptors (Lipinski definition) is 3. The fourth-order valence-corrected chi connectivity index (χ4v) is 0.846. The second-order valence-corrected chi connectivity index (χ2v) is 2.49. The number of carboxylic acid groups (broad SMARTS) is 1. The lowest BCUT2D eigenvalue weighted by Crippen LogP contribution is -2.23. The molecule has 0 aromatic rings. The third-order valence-corrected chi connectivity index (χ3v) is 1.54. The fourth-order valence-electron chi connectivity index (χ4n) is 0.846. The summed E-state index contributed by atoms with van der Waals surface area (Å²) in [5.41, 5.74) is 0. The largest absolute Gasteiger partial charge is 0.481 e. The highest BCUT2D eigenvalue weighted by Gasteiger charge is 2.21. The highest BCUT2D eigenvalue weighted by atomic mass is 16.5. The van der Waals surface area contributed by atoms with Crippen molar-refractivity contribution in [2.24, 2.45) is 5.92 Å². The van der Waals surface area contributed by atoms with Gasteiger partial charge in [0.25, 0.3) is 0 Å². The van der Waals surface area contributed by atoms with Crippen molar-refractivity contribution in [3.05, 3.63) is 0 Å². The molecule has 0 rings (SSSR count). The molecule has 0 saturated carbocycles. The summed E-state index contributed by atoms with van der Waals surface area (Å²) < 4.78 is 4.95. The van der Waals surface area contributed by atoms with Crippen LogP contribution in [0.3, 0.4) is 0 Å². The number of ketones is 1. The number of ether oxygens (including phenoxy) is 1. The summed E-state index contributed by atoms with van der Waals surface area (Å²) in [6.45, 7) is 3.98. The molecule has 0 aromatic heterocycles. The zero-order valence-electron chi connectivity index (χ0n) is 7.37. The van der Waals surface area contributed by atoms with Gasteiger partial charge in [0.05, 0.1) is 0 Å². The SMILES string of the molecule is CCOCCC(C(C)=O)C(=O)O. The van der Waals surface area contributed by atoms with Gasteiger partial charge in [0, 0.05) is 13.2 Å². The van der Waals surface area contributed by atoms with Crippen molar-refractivity contribution in [1.82, 2.24) is 0 Å². The monoisotopic (exact) mass is 174 g/mol. The van der Waals surface area contributed by atoms with Crippen molar-refractivity contribution in [2.75, 3.05) is 13.2 Å². The van der Waals surface area contributed by atoms with Gasteiger partial charge in [-0.2, -0.15) is 0 Å². The normalized spacial score (nSPS) is 12.5. The molecule has 0 bridgehead atoms. The summed E-state index contributed by atoms with van der Waals surface area (Å²) in [4.78, 5) is 21.2. The molecule has 1 unspecified atom stereocenters. The summed E-state index contributed by atoms with van der Waals surface area (Å²) in [6.07, 6.45) is 0.262. The van der Waals surface area contributed by atoms with Crippen molar-refractivity contribution in [2.45, 2.75) is 20.3 Å². The van der Waals surface area contributed by atoms with Crippen LogP contribution in [0.5, 0.6) is 0 Å². The van der Waals surface area contributed by atoms with Gasteiger partial charge in [0.15, 0.2) is 0 Å². The topological polar surface area (TPSA) is 63.6 Å². The zero-order chi connectivity index (χ0) is 9.56. The molecular weight excluding hydrogens is 160 g/mol. The Kier molecular flexibility index (Phi) is 5.28. The van der Waals surface area contributed by atoms with Crippen LogP contribution >= 0.6 is 0 Å². The highest BCUT2D eigenvalue weighted by molar-refractivity contribution is 5.96. The van der Waals surface area contributed by atoms with Gasteiger partial charge < -0.3 is 9.84 Å². The van der Waals surface area contributed by atoms with Gasteiger partial charge >= 0.3 is 5.97 Å². The maximum atomic E-state index is 10.7. The van der Waals surface area contributed by atoms with Gasteiger partial charge in [0.2, 0.25) is 0 Å². The minimum Gasteiger partial charge on any atom is -0.481 e. The molecule has 70 valence electrons. The Hall–Kier alpha value is -0.900. The minimum atomic E-state index is -1.07. The molecule has 0 saturated heterocycles. The lowest BCUT2D eigenvalue weighted by Gasteiger charge is -2.07. The predicted molar refractivity (Wildman–Crippen MR) is 42.9 cm³/mol. The van der Waals surface area contributed by atoms with Gasteiger partial charge in [-0.15, -0.1) is 0 Å². The van der Waals surface area contributed by atoms with Crippen LogP contribution in [0.1, 0.15) is 20.3 Å². The molecular formula is C8H14O4. The molecule has 1 atom stereocenters. The van der Waals surface area contributed by atoms with Crippen molar-refractivity contribution in [1.29, 1.82) is 0 Å². The van der Waals surface area contributed by atoms with E-state index in [0.29, 0.717) is 13.2 Å². The number of aliphatic carboxylic acids is 1. The van der Waals surface area contributed by atoms with Crippen molar-refractivity contribution in [3.63, 3.8) is 0 Å². The van der Waals surface area contributed by atoms with E-state index in [4.69, 9.17) is 9.84 Å². The van der Waals surface area contributed by atoms with E-state index in [1.807, 2.05) is 6.92 Å². The Morgan fingerprint density at radius 1 is 1.50 bits per heavy atom. The van der Waals surface area contributed by atoms with Crippen LogP contribution in [0.15, 0.2) is 0 Å². The lowest BCUT2D eigenvalue weighted by atomic mass is 10.0. The van der Waals surface area contributed by atoms with Crippen LogP contribution < -0.4 is 0 Å². The molecule has 12 heavy (non-hydrogen) atoms. The summed E-state index contributed by atoms with van der Waals surface area (Å²) in [7, 11) is 0. The Labute approximate surface area is 71.5 Å². The Balaban J connectivity index is 3.80. The van der Waals surface area contributed by atoms with Crippen LogP contribution in [0.4, 0.5) is 0 Å². The summed E-state index contributed by atoms with van der Waals surface area (Å²) in [5.74, 6) is -2.29. The average molecular weight is 174 g/mol. The minimum absolute atomic E-state index is 0.262. The number of carboxylic acids is 1. The maximum absolute atomic E-state index is 10.7. The first kappa shape index (κ1) is 11.1. The predicted octanol–water partition coefficient (Wildman–Crippen LogP) is 0.703. The molecule has 1 N–H and O–H groups in total. The smallest absolute Gasteiger partial charge is 0.314 e. The Morgan fingerprint density at radius 2 is 2.08 bits per heavy atom. The molecule has 0 radical (unpaired) electrons. The van der Waals surface area contributed by atoms with Crippen LogP contribution in [0.2, 0.25) is 0 Å². The van der Waals surface area contributed by atoms with Crippen LogP contribution in [0.25, 0.3) is 0 Å². The van der Waals surface area contributed by atoms with E-state index in [9.17, 15) is 9.59 Å². The maximum Gasteiger partial charge on any atom is 0.314 e. The van der Waals surface area contributed by atoms with E-state index in [1.54, 1.807) is 0 Å². The van der Waals surface area contributed by atoms with Gasteiger partial charge in [-0.05, 0) is 20.3 Å². The molecule has 0 heterocycles. The first-order chi connectivity index (χ1) is 5.59. The Bertz CT molecular complexity index is 150. The van der Waals surface area contributed by atoms with E-state index in [0.717, 1.165) is 0 Å². The first-order valence-corrected chi connectivity index (χ1v) is 3.90. The molecule has 0 aliphatic heterocycles. The fraction of sp³-hybridized carbons (Fsp3) is 0.750. The van der Waals surface area contributed by atoms with Crippen molar-refractivity contribution >= 4 is 11.8 Å². The van der Waals surface area contributed by atoms with Crippen LogP contribution in [-0.4, -0.2) is 30.1 Å². The van der Waals surface area contributed by atoms with E-state index in [-0.39, 0.29) is 12.2 Å². The lowest BCUT2D eigenvalue weighted by molar-refractivity contribution is -0.146. The molecule has 4 heteroatoms. The molecule has 0 aliphatic carbocycles. The number of hydrogen-bond donors (Lipinski definition) is 1. The molecule has 0 aliphatic rings. The number of carbonyl (C=O) groups excluding carboxylic acids is 1. The third-order valence-electron chi connectivity index (χ3n) is 1.54. The molecule has 0 aromatic carbocycles. The second-order valence-electron chi connectivity index (χ2n) is 2.49. The molecule has 0 spiro atoms. The Morgan fingerprint density at radius 3 is 2.42 bits per heavy atom. The first-order valence-electron chi connectivity index (χ1n) is 3.90. The molecule has 4 nitrogen and oxygen atoms in total. The summed E-state index contributed by atoms with van der Waals surface area (Å²) >= 11 is 0.